The van der Waals surface area contributed by atoms with E-state index in [2.05, 4.69) is 20.4 Å². The SMILES string of the molecule is [2H]C([2H])([2H])c1nc(-c2ccc3c(c2)OC[C@H]3NC(=O)c2cnc(C)o2)no1. The summed E-state index contributed by atoms with van der Waals surface area (Å²) in [7, 11) is 0. The second-order valence-electron chi connectivity index (χ2n) is 5.26. The van der Waals surface area contributed by atoms with Gasteiger partial charge in [0.25, 0.3) is 5.91 Å². The van der Waals surface area contributed by atoms with Crippen LogP contribution in [0.2, 0.25) is 0 Å². The maximum absolute atomic E-state index is 12.2. The summed E-state index contributed by atoms with van der Waals surface area (Å²) in [5.74, 6) is 0.419. The van der Waals surface area contributed by atoms with Crippen molar-refractivity contribution in [2.75, 3.05) is 6.61 Å². The first-order valence-corrected chi connectivity index (χ1v) is 7.16. The zero-order valence-electron chi connectivity index (χ0n) is 15.6. The maximum Gasteiger partial charge on any atom is 0.289 e. The van der Waals surface area contributed by atoms with Crippen LogP contribution in [-0.4, -0.2) is 27.6 Å². The quantitative estimate of drug-likeness (QED) is 0.785. The van der Waals surface area contributed by atoms with Crippen LogP contribution >= 0.6 is 0 Å². The largest absolute Gasteiger partial charge is 0.491 e. The van der Waals surface area contributed by atoms with E-state index in [1.54, 1.807) is 25.1 Å². The summed E-state index contributed by atoms with van der Waals surface area (Å²) in [6.07, 6.45) is 1.36. The van der Waals surface area contributed by atoms with Crippen LogP contribution in [0.4, 0.5) is 0 Å². The number of carbonyl (C=O) groups is 1. The predicted octanol–water partition coefficient (Wildman–Crippen LogP) is 2.20. The molecule has 0 unspecified atom stereocenters. The molecular formula is C16H14N4O4. The number of nitrogens with one attached hydrogen (secondary N) is 1. The normalized spacial score (nSPS) is 18.2. The summed E-state index contributed by atoms with van der Waals surface area (Å²) < 4.78 is 37.5. The molecule has 24 heavy (non-hydrogen) atoms. The molecule has 3 heterocycles. The number of hydrogen-bond acceptors (Lipinski definition) is 7. The number of aryl methyl sites for hydroxylation is 2. The second-order valence-corrected chi connectivity index (χ2v) is 5.26. The van der Waals surface area contributed by atoms with Gasteiger partial charge < -0.3 is 19.0 Å². The molecule has 0 fully saturated rings. The van der Waals surface area contributed by atoms with Crippen LogP contribution in [-0.2, 0) is 0 Å². The maximum atomic E-state index is 12.2. The van der Waals surface area contributed by atoms with Gasteiger partial charge in [-0.15, -0.1) is 0 Å². The van der Waals surface area contributed by atoms with Crippen LogP contribution in [0, 0.1) is 13.8 Å². The highest BCUT2D eigenvalue weighted by Crippen LogP contribution is 2.35. The summed E-state index contributed by atoms with van der Waals surface area (Å²) in [6.45, 7) is -0.556. The molecule has 2 aromatic heterocycles. The Kier molecular flexibility index (Phi) is 2.60. The first-order valence-electron chi connectivity index (χ1n) is 8.66. The van der Waals surface area contributed by atoms with Crippen LogP contribution < -0.4 is 10.1 Å². The smallest absolute Gasteiger partial charge is 0.289 e. The molecule has 8 heteroatoms. The molecular weight excluding hydrogens is 312 g/mol. The van der Waals surface area contributed by atoms with Gasteiger partial charge in [-0.2, -0.15) is 4.98 Å². The van der Waals surface area contributed by atoms with Crippen LogP contribution in [0.1, 0.15) is 38.1 Å². The van der Waals surface area contributed by atoms with Crippen molar-refractivity contribution >= 4 is 5.91 Å². The van der Waals surface area contributed by atoms with Crippen LogP contribution in [0.25, 0.3) is 11.4 Å². The van der Waals surface area contributed by atoms with E-state index in [1.165, 1.54) is 6.20 Å². The summed E-state index contributed by atoms with van der Waals surface area (Å²) in [5.41, 5.74) is 1.33. The monoisotopic (exact) mass is 329 g/mol. The number of amides is 1. The van der Waals surface area contributed by atoms with Gasteiger partial charge in [-0.05, 0) is 6.07 Å². The first kappa shape index (κ1) is 11.4. The van der Waals surface area contributed by atoms with Gasteiger partial charge in [0.05, 0.1) is 12.2 Å². The molecule has 0 saturated carbocycles. The topological polar surface area (TPSA) is 103 Å². The zero-order valence-corrected chi connectivity index (χ0v) is 12.6. The van der Waals surface area contributed by atoms with E-state index in [0.29, 0.717) is 17.2 Å². The third kappa shape index (κ3) is 2.51. The predicted molar refractivity (Wildman–Crippen MR) is 81.4 cm³/mol. The molecule has 1 aliphatic heterocycles. The molecule has 0 aliphatic carbocycles. The van der Waals surface area contributed by atoms with E-state index in [1.807, 2.05) is 0 Å². The van der Waals surface area contributed by atoms with E-state index in [9.17, 15) is 4.79 Å². The highest BCUT2D eigenvalue weighted by Gasteiger charge is 2.27. The molecule has 1 aromatic carbocycles. The van der Waals surface area contributed by atoms with Gasteiger partial charge in [0, 0.05) is 29.0 Å². The Morgan fingerprint density at radius 2 is 2.33 bits per heavy atom. The number of carbonyl (C=O) groups excluding carboxylic acids is 1. The Hall–Kier alpha value is -3.16. The lowest BCUT2D eigenvalue weighted by Gasteiger charge is -2.10. The lowest BCUT2D eigenvalue weighted by atomic mass is 10.1. The number of rotatable bonds is 3. The fourth-order valence-electron chi connectivity index (χ4n) is 2.51. The summed E-state index contributed by atoms with van der Waals surface area (Å²) in [6, 6.07) is 4.79. The van der Waals surface area contributed by atoms with Gasteiger partial charge in [-0.1, -0.05) is 17.3 Å². The minimum Gasteiger partial charge on any atom is -0.491 e. The fraction of sp³-hybridized carbons (Fsp3) is 0.250. The number of aromatic nitrogens is 3. The van der Waals surface area contributed by atoms with E-state index >= 15 is 0 Å². The van der Waals surface area contributed by atoms with Crippen molar-refractivity contribution in [2.24, 2.45) is 0 Å². The molecule has 3 aromatic rings. The van der Waals surface area contributed by atoms with Crippen molar-refractivity contribution in [3.05, 3.63) is 47.5 Å². The molecule has 8 nitrogen and oxygen atoms in total. The molecule has 0 saturated heterocycles. The number of benzene rings is 1. The Morgan fingerprint density at radius 1 is 1.42 bits per heavy atom. The van der Waals surface area contributed by atoms with Gasteiger partial charge in [0.15, 0.2) is 5.89 Å². The summed E-state index contributed by atoms with van der Waals surface area (Å²) >= 11 is 0. The number of ether oxygens (including phenoxy) is 1. The Balaban J connectivity index is 1.54. The standard InChI is InChI=1S/C16H14N4O4/c1-8-17-6-14(23-8)16(21)19-12-7-22-13-5-10(3-4-11(12)13)15-18-9(2)24-20-15/h3-6,12H,7H2,1-2H3,(H,19,21)/t12-/m1/s1/i2D3. The summed E-state index contributed by atoms with van der Waals surface area (Å²) in [4.78, 5) is 20.0. The minimum absolute atomic E-state index is 0.126. The Labute approximate surface area is 141 Å². The molecule has 1 amide bonds. The van der Waals surface area contributed by atoms with Crippen molar-refractivity contribution in [1.29, 1.82) is 0 Å². The molecule has 1 aliphatic rings. The van der Waals surface area contributed by atoms with Crippen molar-refractivity contribution < 1.29 is 22.6 Å². The highest BCUT2D eigenvalue weighted by molar-refractivity contribution is 5.91. The van der Waals surface area contributed by atoms with Crippen LogP contribution in [0.15, 0.2) is 33.3 Å². The van der Waals surface area contributed by atoms with Crippen LogP contribution in [0.5, 0.6) is 5.75 Å². The molecule has 1 N–H and O–H groups in total. The van der Waals surface area contributed by atoms with Crippen molar-refractivity contribution in [3.63, 3.8) is 0 Å². The van der Waals surface area contributed by atoms with E-state index in [4.69, 9.17) is 17.8 Å². The number of hydrogen-bond donors (Lipinski definition) is 1. The minimum atomic E-state index is -2.47. The highest BCUT2D eigenvalue weighted by atomic mass is 16.5. The average Bonchev–Trinajstić information content (AvgIpc) is 3.33. The van der Waals surface area contributed by atoms with E-state index in [-0.39, 0.29) is 30.1 Å². The molecule has 4 rings (SSSR count). The molecule has 0 spiro atoms. The number of nitrogens with zero attached hydrogens (tertiary/aromatic N) is 3. The van der Waals surface area contributed by atoms with Gasteiger partial charge in [0.2, 0.25) is 17.5 Å². The third-order valence-corrected chi connectivity index (χ3v) is 3.63. The van der Waals surface area contributed by atoms with Crippen molar-refractivity contribution in [1.82, 2.24) is 20.4 Å². The lowest BCUT2D eigenvalue weighted by Crippen LogP contribution is -2.29. The molecule has 122 valence electrons. The Morgan fingerprint density at radius 3 is 3.08 bits per heavy atom. The first-order chi connectivity index (χ1) is 12.8. The van der Waals surface area contributed by atoms with Gasteiger partial charge in [0.1, 0.15) is 12.4 Å². The second kappa shape index (κ2) is 5.48. The lowest BCUT2D eigenvalue weighted by molar-refractivity contribution is 0.0901. The third-order valence-electron chi connectivity index (χ3n) is 3.63. The Bertz CT molecular complexity index is 1010. The van der Waals surface area contributed by atoms with Crippen molar-refractivity contribution in [2.45, 2.75) is 19.8 Å². The summed E-state index contributed by atoms with van der Waals surface area (Å²) in [5, 5.41) is 6.52. The van der Waals surface area contributed by atoms with Gasteiger partial charge >= 0.3 is 0 Å². The number of oxazole rings is 1. The van der Waals surface area contributed by atoms with Crippen molar-refractivity contribution in [3.8, 4) is 17.1 Å². The molecule has 0 bridgehead atoms. The van der Waals surface area contributed by atoms with Crippen LogP contribution in [0.3, 0.4) is 0 Å². The van der Waals surface area contributed by atoms with Gasteiger partial charge in [-0.25, -0.2) is 4.98 Å². The van der Waals surface area contributed by atoms with E-state index in [0.717, 1.165) is 5.56 Å². The fourth-order valence-corrected chi connectivity index (χ4v) is 2.51. The molecule has 1 atom stereocenters. The zero-order chi connectivity index (χ0) is 19.2. The molecule has 0 radical (unpaired) electrons. The average molecular weight is 329 g/mol. The number of fused-ring (bicyclic) bond motifs is 1. The van der Waals surface area contributed by atoms with E-state index < -0.39 is 12.7 Å². The van der Waals surface area contributed by atoms with Gasteiger partial charge in [-0.3, -0.25) is 4.79 Å².